The molecule has 0 aliphatic heterocycles. The number of hydrogen-bond donors (Lipinski definition) is 1. The lowest BCUT2D eigenvalue weighted by molar-refractivity contribution is -0.155. The maximum atomic E-state index is 11.7. The summed E-state index contributed by atoms with van der Waals surface area (Å²) in [5.74, 6) is -0.172. The predicted molar refractivity (Wildman–Crippen MR) is 70.8 cm³/mol. The molecular weight excluding hydrogens is 216 g/mol. The van der Waals surface area contributed by atoms with Crippen LogP contribution in [0.15, 0.2) is 12.3 Å². The van der Waals surface area contributed by atoms with Crippen molar-refractivity contribution in [2.45, 2.75) is 45.8 Å². The van der Waals surface area contributed by atoms with Gasteiger partial charge in [-0.05, 0) is 34.7 Å². The third-order valence-electron chi connectivity index (χ3n) is 2.42. The smallest absolute Gasteiger partial charge is 0.308 e. The zero-order chi connectivity index (χ0) is 13.6. The highest BCUT2D eigenvalue weighted by Gasteiger charge is 2.20. The Balaban J connectivity index is 4.20. The molecule has 1 unspecified atom stereocenters. The second kappa shape index (κ2) is 6.64. The van der Waals surface area contributed by atoms with Gasteiger partial charge in [0.05, 0.1) is 6.42 Å². The van der Waals surface area contributed by atoms with Gasteiger partial charge in [0.2, 0.25) is 0 Å². The fourth-order valence-corrected chi connectivity index (χ4v) is 1.40. The first-order valence-corrected chi connectivity index (χ1v) is 5.94. The van der Waals surface area contributed by atoms with Crippen LogP contribution in [-0.4, -0.2) is 43.2 Å². The van der Waals surface area contributed by atoms with Crippen molar-refractivity contribution in [3.8, 4) is 0 Å². The minimum Gasteiger partial charge on any atom is -0.460 e. The van der Waals surface area contributed by atoms with Crippen LogP contribution in [0.3, 0.4) is 0 Å². The number of carbonyl (C=O) groups excluding carboxylic acids is 1. The molecule has 4 nitrogen and oxygen atoms in total. The Morgan fingerprint density at radius 2 is 2.00 bits per heavy atom. The van der Waals surface area contributed by atoms with Crippen molar-refractivity contribution in [3.63, 3.8) is 0 Å². The van der Waals surface area contributed by atoms with Gasteiger partial charge in [0.15, 0.2) is 0 Å². The Hall–Kier alpha value is -1.03. The molecule has 0 spiro atoms. The first-order chi connectivity index (χ1) is 7.67. The van der Waals surface area contributed by atoms with E-state index < -0.39 is 5.60 Å². The molecule has 0 aromatic carbocycles. The summed E-state index contributed by atoms with van der Waals surface area (Å²) < 4.78 is 5.29. The van der Waals surface area contributed by atoms with Gasteiger partial charge >= 0.3 is 5.97 Å². The summed E-state index contributed by atoms with van der Waals surface area (Å²) in [4.78, 5) is 13.7. The van der Waals surface area contributed by atoms with Crippen LogP contribution in [0.1, 0.15) is 34.1 Å². The van der Waals surface area contributed by atoms with Crippen molar-refractivity contribution in [3.05, 3.63) is 12.3 Å². The van der Waals surface area contributed by atoms with Crippen molar-refractivity contribution in [1.82, 2.24) is 10.2 Å². The lowest BCUT2D eigenvalue weighted by Crippen LogP contribution is -2.35. The normalized spacial score (nSPS) is 13.1. The molecule has 0 fully saturated rings. The van der Waals surface area contributed by atoms with E-state index in [-0.39, 0.29) is 12.0 Å². The number of ether oxygens (including phenoxy) is 1. The molecule has 1 atom stereocenters. The Bertz CT molecular complexity index is 269. The highest BCUT2D eigenvalue weighted by atomic mass is 16.6. The molecule has 0 aromatic heterocycles. The summed E-state index contributed by atoms with van der Waals surface area (Å²) in [6.07, 6.45) is 0.372. The molecule has 0 aliphatic rings. The molecule has 1 N–H and O–H groups in total. The fourth-order valence-electron chi connectivity index (χ4n) is 1.40. The summed E-state index contributed by atoms with van der Waals surface area (Å²) in [6, 6.07) is 0.0886. The van der Waals surface area contributed by atoms with Crippen LogP contribution >= 0.6 is 0 Å². The van der Waals surface area contributed by atoms with Gasteiger partial charge in [-0.15, -0.1) is 0 Å². The standard InChI is InChI=1S/C13H26N2O2/c1-10(15(7)11(2)9-14-6)8-12(16)17-13(3,4)5/h10,14H,2,8-9H2,1,3-7H3. The number of carbonyl (C=O) groups is 1. The van der Waals surface area contributed by atoms with Gasteiger partial charge in [-0.1, -0.05) is 6.58 Å². The van der Waals surface area contributed by atoms with Crippen molar-refractivity contribution in [2.24, 2.45) is 0 Å². The van der Waals surface area contributed by atoms with Gasteiger partial charge in [0.1, 0.15) is 5.60 Å². The van der Waals surface area contributed by atoms with E-state index in [2.05, 4.69) is 11.9 Å². The number of likely N-dealkylation sites (N-methyl/N-ethyl adjacent to an activating group) is 2. The molecule has 0 bridgehead atoms. The lowest BCUT2D eigenvalue weighted by Gasteiger charge is -2.29. The fraction of sp³-hybridized carbons (Fsp3) is 0.769. The van der Waals surface area contributed by atoms with E-state index >= 15 is 0 Å². The lowest BCUT2D eigenvalue weighted by atomic mass is 10.1. The van der Waals surface area contributed by atoms with Gasteiger partial charge < -0.3 is 15.0 Å². The van der Waals surface area contributed by atoms with Crippen LogP contribution in [0.5, 0.6) is 0 Å². The quantitative estimate of drug-likeness (QED) is 0.721. The van der Waals surface area contributed by atoms with Crippen LogP contribution < -0.4 is 5.32 Å². The van der Waals surface area contributed by atoms with E-state index in [4.69, 9.17) is 4.74 Å². The monoisotopic (exact) mass is 242 g/mol. The van der Waals surface area contributed by atoms with E-state index in [1.54, 1.807) is 0 Å². The molecule has 0 heterocycles. The number of esters is 1. The average Bonchev–Trinajstić information content (AvgIpc) is 2.13. The predicted octanol–water partition coefficient (Wildman–Crippen LogP) is 1.77. The summed E-state index contributed by atoms with van der Waals surface area (Å²) in [7, 11) is 3.81. The largest absolute Gasteiger partial charge is 0.460 e. The Kier molecular flexibility index (Phi) is 6.24. The molecule has 100 valence electrons. The van der Waals surface area contributed by atoms with E-state index in [1.807, 2.05) is 46.7 Å². The molecule has 0 aliphatic carbocycles. The SMILES string of the molecule is C=C(CNC)N(C)C(C)CC(=O)OC(C)(C)C. The third kappa shape index (κ3) is 7.00. The van der Waals surface area contributed by atoms with E-state index in [0.29, 0.717) is 6.42 Å². The van der Waals surface area contributed by atoms with Crippen molar-refractivity contribution in [2.75, 3.05) is 20.6 Å². The molecule has 0 aromatic rings. The minimum absolute atomic E-state index is 0.0886. The molecule has 0 radical (unpaired) electrons. The Morgan fingerprint density at radius 1 is 1.47 bits per heavy atom. The van der Waals surface area contributed by atoms with Crippen molar-refractivity contribution in [1.29, 1.82) is 0 Å². The molecule has 0 saturated heterocycles. The maximum Gasteiger partial charge on any atom is 0.308 e. The van der Waals surface area contributed by atoms with Crippen LogP contribution in [0.25, 0.3) is 0 Å². The van der Waals surface area contributed by atoms with Crippen LogP contribution in [0.2, 0.25) is 0 Å². The number of nitrogens with zero attached hydrogens (tertiary/aromatic N) is 1. The van der Waals surface area contributed by atoms with Gasteiger partial charge in [0, 0.05) is 25.3 Å². The molecule has 0 saturated carbocycles. The topological polar surface area (TPSA) is 41.6 Å². The van der Waals surface area contributed by atoms with Gasteiger partial charge in [-0.2, -0.15) is 0 Å². The van der Waals surface area contributed by atoms with Gasteiger partial charge in [0.25, 0.3) is 0 Å². The van der Waals surface area contributed by atoms with E-state index in [1.165, 1.54) is 0 Å². The average molecular weight is 242 g/mol. The van der Waals surface area contributed by atoms with Crippen LogP contribution in [0, 0.1) is 0 Å². The zero-order valence-corrected chi connectivity index (χ0v) is 12.0. The second-order valence-electron chi connectivity index (χ2n) is 5.35. The van der Waals surface area contributed by atoms with E-state index in [9.17, 15) is 4.79 Å². The molecular formula is C13H26N2O2. The molecule has 0 amide bonds. The summed E-state index contributed by atoms with van der Waals surface area (Å²) in [6.45, 7) is 12.3. The number of nitrogens with one attached hydrogen (secondary N) is 1. The van der Waals surface area contributed by atoms with E-state index in [0.717, 1.165) is 12.2 Å². The molecule has 17 heavy (non-hydrogen) atoms. The number of rotatable bonds is 6. The minimum atomic E-state index is -0.419. The zero-order valence-electron chi connectivity index (χ0n) is 12.0. The summed E-state index contributed by atoms with van der Waals surface area (Å²) in [5, 5.41) is 3.04. The van der Waals surface area contributed by atoms with Crippen LogP contribution in [0.4, 0.5) is 0 Å². The van der Waals surface area contributed by atoms with Crippen molar-refractivity contribution < 1.29 is 9.53 Å². The Morgan fingerprint density at radius 3 is 2.41 bits per heavy atom. The van der Waals surface area contributed by atoms with Crippen molar-refractivity contribution >= 4 is 5.97 Å². The highest BCUT2D eigenvalue weighted by molar-refractivity contribution is 5.70. The second-order valence-corrected chi connectivity index (χ2v) is 5.35. The Labute approximate surface area is 105 Å². The first kappa shape index (κ1) is 16.0. The summed E-state index contributed by atoms with van der Waals surface area (Å²) >= 11 is 0. The van der Waals surface area contributed by atoms with Crippen LogP contribution in [-0.2, 0) is 9.53 Å². The first-order valence-electron chi connectivity index (χ1n) is 5.94. The molecule has 4 heteroatoms. The van der Waals surface area contributed by atoms with Gasteiger partial charge in [-0.3, -0.25) is 4.79 Å². The highest BCUT2D eigenvalue weighted by Crippen LogP contribution is 2.12. The van der Waals surface area contributed by atoms with Gasteiger partial charge in [-0.25, -0.2) is 0 Å². The summed E-state index contributed by atoms with van der Waals surface area (Å²) in [5.41, 5.74) is 0.542. The molecule has 0 rings (SSSR count). The maximum absolute atomic E-state index is 11.7. The number of hydrogen-bond acceptors (Lipinski definition) is 4. The third-order valence-corrected chi connectivity index (χ3v) is 2.42.